The van der Waals surface area contributed by atoms with Crippen molar-refractivity contribution in [2.24, 2.45) is 11.7 Å². The smallest absolute Gasteiger partial charge is 0.231 e. The number of H-pyrrole nitrogens is 1. The van der Waals surface area contributed by atoms with Gasteiger partial charge >= 0.3 is 0 Å². The number of anilines is 1. The molecule has 5 rings (SSSR count). The van der Waals surface area contributed by atoms with Crippen molar-refractivity contribution < 1.29 is 18.4 Å². The van der Waals surface area contributed by atoms with Crippen LogP contribution in [0.25, 0.3) is 27.8 Å². The molecule has 0 radical (unpaired) electrons. The number of halogens is 3. The van der Waals surface area contributed by atoms with E-state index in [0.717, 1.165) is 0 Å². The molecule has 3 atom stereocenters. The molecule has 32 heavy (non-hydrogen) atoms. The third-order valence-electron chi connectivity index (χ3n) is 5.58. The quantitative estimate of drug-likeness (QED) is 0.422. The summed E-state index contributed by atoms with van der Waals surface area (Å²) in [7, 11) is 0. The Labute approximate surface area is 184 Å². The molecule has 1 aromatic carbocycles. The highest BCUT2D eigenvalue weighted by molar-refractivity contribution is 6.35. The van der Waals surface area contributed by atoms with Gasteiger partial charge in [-0.15, -0.1) is 0 Å². The van der Waals surface area contributed by atoms with Crippen LogP contribution >= 0.6 is 11.6 Å². The number of carbonyl (C=O) groups is 2. The predicted octanol–water partition coefficient (Wildman–Crippen LogP) is 2.95. The Kier molecular flexibility index (Phi) is 4.59. The number of nitrogens with zero attached hydrogens (tertiary/aromatic N) is 4. The molecule has 164 valence electrons. The molecule has 3 unspecified atom stereocenters. The summed E-state index contributed by atoms with van der Waals surface area (Å²) in [6, 6.07) is 0. The van der Waals surface area contributed by atoms with Gasteiger partial charge in [-0.1, -0.05) is 11.6 Å². The summed E-state index contributed by atoms with van der Waals surface area (Å²) in [5, 5.41) is 9.48. The van der Waals surface area contributed by atoms with E-state index < -0.39 is 35.6 Å². The SMILES string of the molecule is CC(C(N)=O)c1c(F)c(Cl)c(-c2cn3cc(NC(=O)C4CC4F)nc3cn2)c2cn[nH]c12. The zero-order valence-electron chi connectivity index (χ0n) is 16.6. The van der Waals surface area contributed by atoms with Crippen LogP contribution in [-0.2, 0) is 9.59 Å². The molecule has 0 aliphatic heterocycles. The lowest BCUT2D eigenvalue weighted by atomic mass is 9.94. The van der Waals surface area contributed by atoms with E-state index in [2.05, 4.69) is 25.5 Å². The molecule has 1 saturated carbocycles. The highest BCUT2D eigenvalue weighted by Gasteiger charge is 2.43. The van der Waals surface area contributed by atoms with Gasteiger partial charge in [-0.2, -0.15) is 5.10 Å². The minimum Gasteiger partial charge on any atom is -0.369 e. The Morgan fingerprint density at radius 2 is 2.12 bits per heavy atom. The third kappa shape index (κ3) is 3.16. The molecule has 4 aromatic rings. The lowest BCUT2D eigenvalue weighted by Crippen LogP contribution is -2.20. The number of nitrogens with two attached hydrogens (primary N) is 1. The maximum absolute atomic E-state index is 15.2. The lowest BCUT2D eigenvalue weighted by Gasteiger charge is -2.15. The van der Waals surface area contributed by atoms with Gasteiger partial charge in [0.05, 0.1) is 46.7 Å². The summed E-state index contributed by atoms with van der Waals surface area (Å²) in [5.74, 6) is -3.28. The number of rotatable bonds is 5. The monoisotopic (exact) mass is 459 g/mol. The van der Waals surface area contributed by atoms with Gasteiger partial charge in [0.2, 0.25) is 11.8 Å². The second-order valence-corrected chi connectivity index (χ2v) is 8.09. The minimum absolute atomic E-state index is 0.0266. The van der Waals surface area contributed by atoms with Crippen LogP contribution in [0.3, 0.4) is 0 Å². The number of amides is 2. The number of alkyl halides is 1. The molecule has 12 heteroatoms. The van der Waals surface area contributed by atoms with Crippen molar-refractivity contribution in [1.82, 2.24) is 24.6 Å². The van der Waals surface area contributed by atoms with Gasteiger partial charge in [0.25, 0.3) is 0 Å². The van der Waals surface area contributed by atoms with Gasteiger partial charge in [0, 0.05) is 22.7 Å². The Morgan fingerprint density at radius 3 is 2.81 bits per heavy atom. The van der Waals surface area contributed by atoms with Gasteiger partial charge in [0.15, 0.2) is 11.5 Å². The van der Waals surface area contributed by atoms with Crippen molar-refractivity contribution in [2.75, 3.05) is 5.32 Å². The molecule has 1 aliphatic rings. The number of benzene rings is 1. The van der Waals surface area contributed by atoms with Crippen molar-refractivity contribution in [3.63, 3.8) is 0 Å². The Bertz CT molecular complexity index is 1420. The Balaban J connectivity index is 1.59. The van der Waals surface area contributed by atoms with Gasteiger partial charge in [-0.05, 0) is 13.3 Å². The first-order chi connectivity index (χ1) is 15.3. The van der Waals surface area contributed by atoms with Crippen LogP contribution in [0, 0.1) is 11.7 Å². The Morgan fingerprint density at radius 1 is 1.38 bits per heavy atom. The fraction of sp³-hybridized carbons (Fsp3) is 0.250. The number of fused-ring (bicyclic) bond motifs is 2. The van der Waals surface area contributed by atoms with E-state index in [1.807, 2.05) is 0 Å². The van der Waals surface area contributed by atoms with Crippen molar-refractivity contribution >= 4 is 45.8 Å². The molecule has 2 amide bonds. The highest BCUT2D eigenvalue weighted by atomic mass is 35.5. The van der Waals surface area contributed by atoms with Crippen LogP contribution in [-0.4, -0.2) is 42.6 Å². The second-order valence-electron chi connectivity index (χ2n) is 7.71. The number of hydrogen-bond donors (Lipinski definition) is 3. The summed E-state index contributed by atoms with van der Waals surface area (Å²) in [5.41, 5.74) is 6.68. The highest BCUT2D eigenvalue weighted by Crippen LogP contribution is 2.40. The van der Waals surface area contributed by atoms with Crippen LogP contribution in [0.1, 0.15) is 24.8 Å². The van der Waals surface area contributed by atoms with E-state index in [-0.39, 0.29) is 28.4 Å². The van der Waals surface area contributed by atoms with E-state index in [1.165, 1.54) is 25.5 Å². The van der Waals surface area contributed by atoms with Gasteiger partial charge < -0.3 is 15.5 Å². The number of aromatic amines is 1. The number of aromatic nitrogens is 5. The first kappa shape index (κ1) is 20.3. The van der Waals surface area contributed by atoms with Gasteiger partial charge in [0.1, 0.15) is 12.0 Å². The summed E-state index contributed by atoms with van der Waals surface area (Å²) < 4.78 is 29.9. The van der Waals surface area contributed by atoms with Crippen molar-refractivity contribution in [3.05, 3.63) is 41.2 Å². The van der Waals surface area contributed by atoms with Crippen LogP contribution < -0.4 is 11.1 Å². The molecule has 4 N–H and O–H groups in total. The van der Waals surface area contributed by atoms with Crippen molar-refractivity contribution in [3.8, 4) is 11.3 Å². The van der Waals surface area contributed by atoms with Gasteiger partial charge in [-0.3, -0.25) is 19.7 Å². The topological polar surface area (TPSA) is 131 Å². The second kappa shape index (κ2) is 7.23. The molecule has 9 nitrogen and oxygen atoms in total. The largest absolute Gasteiger partial charge is 0.369 e. The maximum atomic E-state index is 15.2. The normalized spacial score (nSPS) is 18.8. The fourth-order valence-corrected chi connectivity index (χ4v) is 3.98. The van der Waals surface area contributed by atoms with Crippen molar-refractivity contribution in [1.29, 1.82) is 0 Å². The maximum Gasteiger partial charge on any atom is 0.231 e. The lowest BCUT2D eigenvalue weighted by molar-refractivity contribution is -0.119. The predicted molar refractivity (Wildman–Crippen MR) is 112 cm³/mol. The Hall–Kier alpha value is -3.60. The molecular formula is C20H16ClF2N7O2. The number of imidazole rings is 1. The van der Waals surface area contributed by atoms with E-state index in [9.17, 15) is 14.0 Å². The number of nitrogens with one attached hydrogen (secondary N) is 2. The average Bonchev–Trinajstić information content (AvgIpc) is 3.11. The summed E-state index contributed by atoms with van der Waals surface area (Å²) in [6.07, 6.45) is 5.09. The summed E-state index contributed by atoms with van der Waals surface area (Å²) in [6.45, 7) is 1.48. The van der Waals surface area contributed by atoms with E-state index in [0.29, 0.717) is 22.2 Å². The number of hydrogen-bond acceptors (Lipinski definition) is 5. The van der Waals surface area contributed by atoms with Crippen molar-refractivity contribution in [2.45, 2.75) is 25.4 Å². The fourth-order valence-electron chi connectivity index (χ4n) is 3.68. The molecule has 0 bridgehead atoms. The molecule has 1 fully saturated rings. The zero-order chi connectivity index (χ0) is 22.7. The molecule has 3 heterocycles. The number of primary amides is 1. The molecule has 3 aromatic heterocycles. The van der Waals surface area contributed by atoms with Crippen LogP contribution in [0.2, 0.25) is 5.02 Å². The summed E-state index contributed by atoms with van der Waals surface area (Å²) >= 11 is 6.37. The van der Waals surface area contributed by atoms with Crippen LogP contribution in [0.15, 0.2) is 24.8 Å². The van der Waals surface area contributed by atoms with Crippen LogP contribution in [0.5, 0.6) is 0 Å². The van der Waals surface area contributed by atoms with Gasteiger partial charge in [-0.25, -0.2) is 13.8 Å². The van der Waals surface area contributed by atoms with E-state index >= 15 is 4.39 Å². The first-order valence-electron chi connectivity index (χ1n) is 9.69. The standard InChI is InChI=1S/C20H16ClF2N7O2/c1-7(19(24)31)14-17(23)16(21)15(9-3-26-29-18(9)14)11-5-30-6-12(27-13(30)4-25-11)28-20(32)8-2-10(8)22/h3-8,10H,2H2,1H3,(H2,24,31)(H,26,29)(H,28,32). The average molecular weight is 460 g/mol. The van der Waals surface area contributed by atoms with E-state index in [1.54, 1.807) is 10.6 Å². The zero-order valence-corrected chi connectivity index (χ0v) is 17.3. The molecular weight excluding hydrogens is 444 g/mol. The molecule has 1 aliphatic carbocycles. The van der Waals surface area contributed by atoms with Crippen LogP contribution in [0.4, 0.5) is 14.6 Å². The first-order valence-corrected chi connectivity index (χ1v) is 10.1. The van der Waals surface area contributed by atoms with E-state index in [4.69, 9.17) is 17.3 Å². The molecule has 0 spiro atoms. The summed E-state index contributed by atoms with van der Waals surface area (Å²) in [4.78, 5) is 32.2. The third-order valence-corrected chi connectivity index (χ3v) is 5.94. The number of carbonyl (C=O) groups excluding carboxylic acids is 2. The molecule has 0 saturated heterocycles. The minimum atomic E-state index is -1.12.